The Morgan fingerprint density at radius 1 is 0.871 bits per heavy atom. The summed E-state index contributed by atoms with van der Waals surface area (Å²) in [6.07, 6.45) is 10.4. The maximum atomic E-state index is 13.0. The van der Waals surface area contributed by atoms with Crippen LogP contribution in [0.3, 0.4) is 0 Å². The Hall–Kier alpha value is -1.03. The lowest BCUT2D eigenvalue weighted by molar-refractivity contribution is -0.226. The number of fused-ring (bicyclic) bond motifs is 1. The number of ether oxygens (including phenoxy) is 1. The molecule has 0 amide bonds. The molecule has 1 atom stereocenters. The van der Waals surface area contributed by atoms with Gasteiger partial charge < -0.3 is 4.74 Å². The van der Waals surface area contributed by atoms with E-state index in [2.05, 4.69) is 19.1 Å². The van der Waals surface area contributed by atoms with Crippen molar-refractivity contribution in [3.63, 3.8) is 0 Å². The molecular weight excluding hydrogens is 397 g/mol. The number of rotatable bonds is 6. The van der Waals surface area contributed by atoms with E-state index < -0.39 is 12.3 Å². The zero-order valence-corrected chi connectivity index (χ0v) is 19.1. The third-order valence-corrected chi connectivity index (χ3v) is 8.46. The van der Waals surface area contributed by atoms with Crippen LogP contribution in [0.25, 0.3) is 0 Å². The zero-order chi connectivity index (χ0) is 21.8. The highest BCUT2D eigenvalue weighted by atomic mass is 19.4. The molecule has 2 saturated carbocycles. The van der Waals surface area contributed by atoms with Gasteiger partial charge in [0.05, 0.1) is 6.61 Å². The van der Waals surface area contributed by atoms with Crippen LogP contribution in [0.4, 0.5) is 13.2 Å². The van der Waals surface area contributed by atoms with Crippen LogP contribution in [0.5, 0.6) is 0 Å². The van der Waals surface area contributed by atoms with E-state index in [0.29, 0.717) is 5.92 Å². The van der Waals surface area contributed by atoms with Crippen LogP contribution in [0.2, 0.25) is 0 Å². The maximum absolute atomic E-state index is 13.0. The van der Waals surface area contributed by atoms with Gasteiger partial charge >= 0.3 is 6.18 Å². The van der Waals surface area contributed by atoms with Crippen molar-refractivity contribution < 1.29 is 17.9 Å². The van der Waals surface area contributed by atoms with Crippen molar-refractivity contribution in [2.45, 2.75) is 115 Å². The first-order chi connectivity index (χ1) is 14.9. The van der Waals surface area contributed by atoms with Crippen LogP contribution < -0.4 is 0 Å². The first-order valence-electron chi connectivity index (χ1n) is 12.7. The minimum absolute atomic E-state index is 0.0486. The molecule has 3 aliphatic rings. The summed E-state index contributed by atoms with van der Waals surface area (Å²) >= 11 is 0. The molecule has 0 spiro atoms. The molecule has 1 nitrogen and oxygen atoms in total. The van der Waals surface area contributed by atoms with E-state index >= 15 is 0 Å². The number of alkyl halides is 3. The monoisotopic (exact) mass is 436 g/mol. The third kappa shape index (κ3) is 5.86. The van der Waals surface area contributed by atoms with Gasteiger partial charge in [-0.2, -0.15) is 13.2 Å². The Balaban J connectivity index is 1.25. The first kappa shape index (κ1) is 23.1. The highest BCUT2D eigenvalue weighted by Crippen LogP contribution is 2.45. The molecule has 4 heteroatoms. The summed E-state index contributed by atoms with van der Waals surface area (Å²) < 4.78 is 44.0. The van der Waals surface area contributed by atoms with E-state index in [1.54, 1.807) is 0 Å². The van der Waals surface area contributed by atoms with Gasteiger partial charge in [0, 0.05) is 6.42 Å². The standard InChI is InChI=1S/C27H39F3O/c1-2-3-4-5-19-6-8-20(9-7-19)21-10-12-22(13-11-21)23-14-15-24-17-26(27(28,29)30)31-18-25(24)16-23/h14-16,19-22,26H,2-13,17-18H2,1H3. The molecule has 4 rings (SSSR count). The van der Waals surface area contributed by atoms with Crippen molar-refractivity contribution in [3.05, 3.63) is 34.9 Å². The van der Waals surface area contributed by atoms with Crippen LogP contribution in [0, 0.1) is 17.8 Å². The van der Waals surface area contributed by atoms with E-state index in [1.807, 2.05) is 6.07 Å². The van der Waals surface area contributed by atoms with Gasteiger partial charge in [-0.3, -0.25) is 0 Å². The molecule has 2 aliphatic carbocycles. The Labute approximate surface area is 186 Å². The molecule has 0 saturated heterocycles. The summed E-state index contributed by atoms with van der Waals surface area (Å²) in [5.74, 6) is 3.36. The number of benzene rings is 1. The molecule has 0 bridgehead atoms. The molecule has 0 aromatic heterocycles. The SMILES string of the molecule is CCCCCC1CCC(C2CCC(c3ccc4c(c3)COC(C(F)(F)F)C4)CC2)CC1. The molecule has 1 aliphatic heterocycles. The Kier molecular flexibility index (Phi) is 7.67. The zero-order valence-electron chi connectivity index (χ0n) is 19.1. The molecule has 1 aromatic rings. The highest BCUT2D eigenvalue weighted by Gasteiger charge is 2.42. The minimum atomic E-state index is -4.27. The minimum Gasteiger partial charge on any atom is -0.364 e. The van der Waals surface area contributed by atoms with Crippen molar-refractivity contribution in [1.82, 2.24) is 0 Å². The topological polar surface area (TPSA) is 9.23 Å². The molecule has 0 N–H and O–H groups in total. The number of hydrogen-bond acceptors (Lipinski definition) is 1. The van der Waals surface area contributed by atoms with Crippen LogP contribution >= 0.6 is 0 Å². The van der Waals surface area contributed by atoms with Gasteiger partial charge in [-0.05, 0) is 78.9 Å². The van der Waals surface area contributed by atoms with Gasteiger partial charge in [-0.25, -0.2) is 0 Å². The Morgan fingerprint density at radius 2 is 1.55 bits per heavy atom. The predicted octanol–water partition coefficient (Wildman–Crippen LogP) is 8.35. The highest BCUT2D eigenvalue weighted by molar-refractivity contribution is 5.35. The predicted molar refractivity (Wildman–Crippen MR) is 119 cm³/mol. The van der Waals surface area contributed by atoms with Crippen LogP contribution in [-0.4, -0.2) is 12.3 Å². The number of unbranched alkanes of at least 4 members (excludes halogenated alkanes) is 2. The molecule has 2 fully saturated rings. The fourth-order valence-corrected chi connectivity index (χ4v) is 6.45. The maximum Gasteiger partial charge on any atom is 0.414 e. The lowest BCUT2D eigenvalue weighted by Crippen LogP contribution is -2.36. The second-order valence-electron chi connectivity index (χ2n) is 10.5. The summed E-state index contributed by atoms with van der Waals surface area (Å²) in [7, 11) is 0. The van der Waals surface area contributed by atoms with Crippen molar-refractivity contribution >= 4 is 0 Å². The summed E-state index contributed by atoms with van der Waals surface area (Å²) in [4.78, 5) is 0. The number of hydrogen-bond donors (Lipinski definition) is 0. The molecular formula is C27H39F3O. The van der Waals surface area contributed by atoms with Crippen LogP contribution in [-0.2, 0) is 17.8 Å². The fourth-order valence-electron chi connectivity index (χ4n) is 6.45. The van der Waals surface area contributed by atoms with E-state index in [9.17, 15) is 13.2 Å². The van der Waals surface area contributed by atoms with Crippen molar-refractivity contribution in [3.8, 4) is 0 Å². The van der Waals surface area contributed by atoms with Gasteiger partial charge in [-0.1, -0.05) is 63.6 Å². The fraction of sp³-hybridized carbons (Fsp3) is 0.778. The quantitative estimate of drug-likeness (QED) is 0.407. The molecule has 0 radical (unpaired) electrons. The Bertz CT molecular complexity index is 697. The van der Waals surface area contributed by atoms with Gasteiger partial charge in [-0.15, -0.1) is 0 Å². The van der Waals surface area contributed by atoms with Crippen LogP contribution in [0.1, 0.15) is 107 Å². The molecule has 1 heterocycles. The average Bonchev–Trinajstić information content (AvgIpc) is 2.78. The largest absolute Gasteiger partial charge is 0.414 e. The van der Waals surface area contributed by atoms with Gasteiger partial charge in [0.25, 0.3) is 0 Å². The second kappa shape index (κ2) is 10.3. The summed E-state index contributed by atoms with van der Waals surface area (Å²) in [6, 6.07) is 6.15. The van der Waals surface area contributed by atoms with Gasteiger partial charge in [0.2, 0.25) is 0 Å². The van der Waals surface area contributed by atoms with Crippen molar-refractivity contribution in [1.29, 1.82) is 0 Å². The van der Waals surface area contributed by atoms with E-state index in [1.165, 1.54) is 82.6 Å². The lowest BCUT2D eigenvalue weighted by atomic mass is 9.68. The third-order valence-electron chi connectivity index (χ3n) is 8.46. The first-order valence-corrected chi connectivity index (χ1v) is 12.7. The summed E-state index contributed by atoms with van der Waals surface area (Å²) in [6.45, 7) is 2.37. The lowest BCUT2D eigenvalue weighted by Gasteiger charge is -2.38. The van der Waals surface area contributed by atoms with Gasteiger partial charge in [0.1, 0.15) is 0 Å². The number of halogens is 3. The van der Waals surface area contributed by atoms with Crippen molar-refractivity contribution in [2.24, 2.45) is 17.8 Å². The molecule has 31 heavy (non-hydrogen) atoms. The summed E-state index contributed by atoms with van der Waals surface area (Å²) in [5.41, 5.74) is 3.08. The molecule has 1 unspecified atom stereocenters. The van der Waals surface area contributed by atoms with Gasteiger partial charge in [0.15, 0.2) is 6.10 Å². The van der Waals surface area contributed by atoms with E-state index in [4.69, 9.17) is 4.74 Å². The van der Waals surface area contributed by atoms with E-state index in [0.717, 1.165) is 28.9 Å². The molecule has 1 aromatic carbocycles. The summed E-state index contributed by atoms with van der Waals surface area (Å²) in [5, 5.41) is 0. The van der Waals surface area contributed by atoms with Crippen molar-refractivity contribution in [2.75, 3.05) is 0 Å². The Morgan fingerprint density at radius 3 is 2.19 bits per heavy atom. The van der Waals surface area contributed by atoms with Crippen LogP contribution in [0.15, 0.2) is 18.2 Å². The van der Waals surface area contributed by atoms with E-state index in [-0.39, 0.29) is 13.0 Å². The smallest absolute Gasteiger partial charge is 0.364 e. The molecule has 174 valence electrons. The second-order valence-corrected chi connectivity index (χ2v) is 10.5. The normalized spacial score (nSPS) is 31.9. The average molecular weight is 437 g/mol.